The molecule has 2 heterocycles. The van der Waals surface area contributed by atoms with Crippen LogP contribution in [0.2, 0.25) is 0 Å². The molecule has 0 bridgehead atoms. The zero-order valence-electron chi connectivity index (χ0n) is 9.45. The fourth-order valence-electron chi connectivity index (χ4n) is 2.58. The third-order valence-corrected chi connectivity index (χ3v) is 4.17. The van der Waals surface area contributed by atoms with Crippen molar-refractivity contribution in [2.24, 2.45) is 0 Å². The van der Waals surface area contributed by atoms with Crippen LogP contribution < -0.4 is 4.74 Å². The highest BCUT2D eigenvalue weighted by molar-refractivity contribution is 9.10. The summed E-state index contributed by atoms with van der Waals surface area (Å²) in [6, 6.07) is 4.86. The van der Waals surface area contributed by atoms with Gasteiger partial charge in [0.25, 0.3) is 0 Å². The minimum atomic E-state index is 0.625. The summed E-state index contributed by atoms with van der Waals surface area (Å²) in [4.78, 5) is 0. The highest BCUT2D eigenvalue weighted by Crippen LogP contribution is 2.43. The SMILES string of the molecule is Brc1ccc2c3c(nn2C2CC2)CCCOc13. The number of hydrogen-bond donors (Lipinski definition) is 0. The highest BCUT2D eigenvalue weighted by Gasteiger charge is 2.29. The van der Waals surface area contributed by atoms with E-state index >= 15 is 0 Å². The highest BCUT2D eigenvalue weighted by atomic mass is 79.9. The first-order chi connectivity index (χ1) is 8.34. The minimum Gasteiger partial charge on any atom is -0.492 e. The summed E-state index contributed by atoms with van der Waals surface area (Å²) in [7, 11) is 0. The van der Waals surface area contributed by atoms with Crippen molar-refractivity contribution in [3.8, 4) is 5.75 Å². The van der Waals surface area contributed by atoms with Gasteiger partial charge in [-0.1, -0.05) is 0 Å². The van der Waals surface area contributed by atoms with E-state index in [4.69, 9.17) is 9.84 Å². The quantitative estimate of drug-likeness (QED) is 0.805. The molecule has 0 spiro atoms. The van der Waals surface area contributed by atoms with Crippen molar-refractivity contribution in [1.29, 1.82) is 0 Å². The standard InChI is InChI=1S/C13H13BrN2O/c14-9-5-6-11-12-10(2-1-7-17-13(9)12)15-16(11)8-3-4-8/h5-6,8H,1-4,7H2. The Morgan fingerprint density at radius 2 is 2.24 bits per heavy atom. The molecule has 1 aromatic carbocycles. The van der Waals surface area contributed by atoms with Crippen LogP contribution in [-0.2, 0) is 6.42 Å². The van der Waals surface area contributed by atoms with Crippen molar-refractivity contribution in [3.05, 3.63) is 22.3 Å². The number of aromatic nitrogens is 2. The number of aryl methyl sites for hydroxylation is 1. The maximum atomic E-state index is 5.86. The molecule has 0 unspecified atom stereocenters. The van der Waals surface area contributed by atoms with Crippen molar-refractivity contribution >= 4 is 26.8 Å². The summed E-state index contributed by atoms with van der Waals surface area (Å²) in [6.07, 6.45) is 4.61. The lowest BCUT2D eigenvalue weighted by molar-refractivity contribution is 0.317. The van der Waals surface area contributed by atoms with Gasteiger partial charge in [0, 0.05) is 0 Å². The van der Waals surface area contributed by atoms with E-state index in [0.717, 1.165) is 29.7 Å². The molecule has 0 N–H and O–H groups in total. The van der Waals surface area contributed by atoms with Crippen LogP contribution in [0.3, 0.4) is 0 Å². The van der Waals surface area contributed by atoms with E-state index in [1.807, 2.05) is 0 Å². The van der Waals surface area contributed by atoms with Gasteiger partial charge in [-0.2, -0.15) is 5.10 Å². The molecule has 4 heteroatoms. The lowest BCUT2D eigenvalue weighted by Crippen LogP contribution is -2.00. The molecule has 4 rings (SSSR count). The maximum Gasteiger partial charge on any atom is 0.144 e. The van der Waals surface area contributed by atoms with Crippen molar-refractivity contribution in [3.63, 3.8) is 0 Å². The molecule has 1 aromatic heterocycles. The first kappa shape index (κ1) is 9.95. The Bertz CT molecular complexity index is 601. The van der Waals surface area contributed by atoms with Crippen molar-refractivity contribution in [2.45, 2.75) is 31.7 Å². The number of benzene rings is 1. The summed E-state index contributed by atoms with van der Waals surface area (Å²) in [5.74, 6) is 0.988. The molecule has 0 radical (unpaired) electrons. The van der Waals surface area contributed by atoms with Gasteiger partial charge in [-0.3, -0.25) is 4.68 Å². The Balaban J connectivity index is 2.07. The van der Waals surface area contributed by atoms with Crippen LogP contribution in [0.15, 0.2) is 16.6 Å². The topological polar surface area (TPSA) is 27.1 Å². The van der Waals surface area contributed by atoms with E-state index < -0.39 is 0 Å². The predicted molar refractivity (Wildman–Crippen MR) is 69.5 cm³/mol. The molecular weight excluding hydrogens is 280 g/mol. The summed E-state index contributed by atoms with van der Waals surface area (Å²) in [5.41, 5.74) is 2.45. The van der Waals surface area contributed by atoms with E-state index in [-0.39, 0.29) is 0 Å². The van der Waals surface area contributed by atoms with Crippen LogP contribution in [0.1, 0.15) is 31.0 Å². The van der Waals surface area contributed by atoms with E-state index in [9.17, 15) is 0 Å². The van der Waals surface area contributed by atoms with Crippen molar-refractivity contribution in [2.75, 3.05) is 6.61 Å². The first-order valence-electron chi connectivity index (χ1n) is 6.17. The third-order valence-electron chi connectivity index (χ3n) is 3.55. The minimum absolute atomic E-state index is 0.625. The zero-order valence-corrected chi connectivity index (χ0v) is 11.0. The number of rotatable bonds is 1. The molecule has 1 aliphatic carbocycles. The van der Waals surface area contributed by atoms with Gasteiger partial charge in [-0.05, 0) is 53.7 Å². The second-order valence-electron chi connectivity index (χ2n) is 4.85. The Kier molecular flexibility index (Phi) is 2.04. The Labute approximate surface area is 108 Å². The molecule has 2 aliphatic rings. The Morgan fingerprint density at radius 1 is 1.35 bits per heavy atom. The summed E-state index contributed by atoms with van der Waals surface area (Å²) >= 11 is 3.58. The average molecular weight is 293 g/mol. The predicted octanol–water partition coefficient (Wildman–Crippen LogP) is 3.46. The first-order valence-corrected chi connectivity index (χ1v) is 6.96. The van der Waals surface area contributed by atoms with Crippen molar-refractivity contribution in [1.82, 2.24) is 9.78 Å². The summed E-state index contributed by atoms with van der Waals surface area (Å²) in [5, 5.41) is 6.02. The fraction of sp³-hybridized carbons (Fsp3) is 0.462. The molecule has 3 nitrogen and oxygen atoms in total. The fourth-order valence-corrected chi connectivity index (χ4v) is 3.02. The normalized spacial score (nSPS) is 19.1. The van der Waals surface area contributed by atoms with Crippen LogP contribution in [0.5, 0.6) is 5.75 Å². The number of hydrogen-bond acceptors (Lipinski definition) is 2. The third kappa shape index (κ3) is 1.43. The van der Waals surface area contributed by atoms with E-state index in [1.165, 1.54) is 29.4 Å². The van der Waals surface area contributed by atoms with E-state index in [1.54, 1.807) is 0 Å². The monoisotopic (exact) mass is 292 g/mol. The van der Waals surface area contributed by atoms with Gasteiger partial charge in [0.1, 0.15) is 5.75 Å². The molecule has 0 amide bonds. The van der Waals surface area contributed by atoms with Gasteiger partial charge < -0.3 is 4.74 Å². The van der Waals surface area contributed by atoms with Crippen LogP contribution in [0.25, 0.3) is 10.9 Å². The molecule has 1 fully saturated rings. The number of ether oxygens (including phenoxy) is 1. The van der Waals surface area contributed by atoms with Gasteiger partial charge in [0.15, 0.2) is 0 Å². The van der Waals surface area contributed by atoms with Crippen LogP contribution in [0, 0.1) is 0 Å². The smallest absolute Gasteiger partial charge is 0.144 e. The van der Waals surface area contributed by atoms with E-state index in [2.05, 4.69) is 32.7 Å². The molecular formula is C13H13BrN2O. The van der Waals surface area contributed by atoms with Gasteiger partial charge in [0.2, 0.25) is 0 Å². The van der Waals surface area contributed by atoms with Gasteiger partial charge in [0.05, 0.1) is 33.7 Å². The lowest BCUT2D eigenvalue weighted by Gasteiger charge is -2.07. The van der Waals surface area contributed by atoms with Crippen molar-refractivity contribution < 1.29 is 4.74 Å². The lowest BCUT2D eigenvalue weighted by atomic mass is 10.1. The second kappa shape index (κ2) is 3.48. The number of halogens is 1. The largest absolute Gasteiger partial charge is 0.492 e. The van der Waals surface area contributed by atoms with Crippen LogP contribution >= 0.6 is 15.9 Å². The molecule has 17 heavy (non-hydrogen) atoms. The van der Waals surface area contributed by atoms with E-state index in [0.29, 0.717) is 6.04 Å². The summed E-state index contributed by atoms with van der Waals surface area (Å²) in [6.45, 7) is 0.789. The molecule has 0 saturated heterocycles. The Morgan fingerprint density at radius 3 is 3.06 bits per heavy atom. The number of nitrogens with zero attached hydrogens (tertiary/aromatic N) is 2. The Hall–Kier alpha value is -1.03. The zero-order chi connectivity index (χ0) is 11.4. The molecule has 0 atom stereocenters. The van der Waals surface area contributed by atoms with Gasteiger partial charge in [-0.25, -0.2) is 0 Å². The molecule has 1 aliphatic heterocycles. The maximum absolute atomic E-state index is 5.86. The van der Waals surface area contributed by atoms with Crippen LogP contribution in [-0.4, -0.2) is 16.4 Å². The van der Waals surface area contributed by atoms with Gasteiger partial charge >= 0.3 is 0 Å². The summed E-state index contributed by atoms with van der Waals surface area (Å²) < 4.78 is 9.11. The molecule has 88 valence electrons. The second-order valence-corrected chi connectivity index (χ2v) is 5.70. The van der Waals surface area contributed by atoms with Gasteiger partial charge in [-0.15, -0.1) is 0 Å². The molecule has 2 aromatic rings. The molecule has 1 saturated carbocycles. The van der Waals surface area contributed by atoms with Crippen LogP contribution in [0.4, 0.5) is 0 Å². The average Bonchev–Trinajstić information content (AvgIpc) is 3.11.